The molecule has 27 heavy (non-hydrogen) atoms. The Kier molecular flexibility index (Phi) is 6.96. The van der Waals surface area contributed by atoms with Gasteiger partial charge in [0.15, 0.2) is 5.96 Å². The van der Waals surface area contributed by atoms with E-state index in [1.54, 1.807) is 7.11 Å². The third-order valence-corrected chi connectivity index (χ3v) is 5.48. The molecule has 2 fully saturated rings. The Morgan fingerprint density at radius 2 is 1.89 bits per heavy atom. The van der Waals surface area contributed by atoms with Crippen LogP contribution in [0.1, 0.15) is 44.1 Å². The van der Waals surface area contributed by atoms with Gasteiger partial charge in [-0.1, -0.05) is 12.1 Å². The van der Waals surface area contributed by atoms with Gasteiger partial charge in [0.2, 0.25) is 5.91 Å². The molecule has 2 saturated heterocycles. The van der Waals surface area contributed by atoms with E-state index in [2.05, 4.69) is 34.3 Å². The molecule has 0 aliphatic carbocycles. The summed E-state index contributed by atoms with van der Waals surface area (Å²) < 4.78 is 5.25. The number of ether oxygens (including phenoxy) is 1. The van der Waals surface area contributed by atoms with E-state index < -0.39 is 0 Å². The average Bonchev–Trinajstić information content (AvgIpc) is 3.21. The Hall–Kier alpha value is -2.24. The first kappa shape index (κ1) is 19.5. The molecule has 1 aromatic rings. The van der Waals surface area contributed by atoms with E-state index in [1.807, 2.05) is 17.0 Å². The summed E-state index contributed by atoms with van der Waals surface area (Å²) in [4.78, 5) is 21.3. The maximum absolute atomic E-state index is 12.4. The van der Waals surface area contributed by atoms with Crippen molar-refractivity contribution in [3.8, 4) is 5.75 Å². The van der Waals surface area contributed by atoms with Crippen molar-refractivity contribution >= 4 is 11.9 Å². The molecule has 0 aromatic heterocycles. The SMILES string of the molecule is CCNC(=NCC(=O)N1CCCCC1)N1CCC(c2ccc(OC)cc2)C1. The van der Waals surface area contributed by atoms with Crippen molar-refractivity contribution in [1.29, 1.82) is 0 Å². The van der Waals surface area contributed by atoms with Crippen LogP contribution in [0.5, 0.6) is 5.75 Å². The topological polar surface area (TPSA) is 57.2 Å². The minimum Gasteiger partial charge on any atom is -0.497 e. The van der Waals surface area contributed by atoms with Gasteiger partial charge in [0.25, 0.3) is 0 Å². The van der Waals surface area contributed by atoms with Gasteiger partial charge in [-0.25, -0.2) is 4.99 Å². The van der Waals surface area contributed by atoms with Crippen molar-refractivity contribution in [2.75, 3.05) is 46.4 Å². The van der Waals surface area contributed by atoms with Crippen LogP contribution in [0.3, 0.4) is 0 Å². The van der Waals surface area contributed by atoms with Crippen LogP contribution in [0.25, 0.3) is 0 Å². The van der Waals surface area contributed by atoms with Crippen LogP contribution in [0.2, 0.25) is 0 Å². The fraction of sp³-hybridized carbons (Fsp3) is 0.619. The number of carbonyl (C=O) groups is 1. The second kappa shape index (κ2) is 9.62. The van der Waals surface area contributed by atoms with Gasteiger partial charge in [0, 0.05) is 38.6 Å². The predicted octanol–water partition coefficient (Wildman–Crippen LogP) is 2.46. The van der Waals surface area contributed by atoms with E-state index in [1.165, 1.54) is 12.0 Å². The fourth-order valence-electron chi connectivity index (χ4n) is 3.91. The number of rotatable bonds is 5. The molecule has 1 N–H and O–H groups in total. The Labute approximate surface area is 162 Å². The first-order chi connectivity index (χ1) is 13.2. The lowest BCUT2D eigenvalue weighted by molar-refractivity contribution is -0.130. The number of nitrogens with zero attached hydrogens (tertiary/aromatic N) is 3. The fourth-order valence-corrected chi connectivity index (χ4v) is 3.91. The molecule has 0 radical (unpaired) electrons. The minimum atomic E-state index is 0.149. The lowest BCUT2D eigenvalue weighted by atomic mass is 9.98. The number of methoxy groups -OCH3 is 1. The second-order valence-corrected chi connectivity index (χ2v) is 7.32. The average molecular weight is 373 g/mol. The van der Waals surface area contributed by atoms with Gasteiger partial charge < -0.3 is 19.9 Å². The molecule has 6 nitrogen and oxygen atoms in total. The van der Waals surface area contributed by atoms with Crippen LogP contribution in [-0.2, 0) is 4.79 Å². The number of guanidine groups is 1. The molecular weight excluding hydrogens is 340 g/mol. The van der Waals surface area contributed by atoms with Crippen molar-refractivity contribution < 1.29 is 9.53 Å². The first-order valence-corrected chi connectivity index (χ1v) is 10.2. The molecule has 2 aliphatic rings. The molecule has 1 unspecified atom stereocenters. The normalized spacial score (nSPS) is 20.7. The molecule has 2 aliphatic heterocycles. The number of piperidine rings is 1. The van der Waals surface area contributed by atoms with Gasteiger partial charge in [0.1, 0.15) is 12.3 Å². The van der Waals surface area contributed by atoms with Crippen molar-refractivity contribution in [3.05, 3.63) is 29.8 Å². The summed E-state index contributed by atoms with van der Waals surface area (Å²) in [5.74, 6) is 2.38. The standard InChI is InChI=1S/C21H32N4O2/c1-3-22-21(23-15-20(26)24-12-5-4-6-13-24)25-14-11-18(16-25)17-7-9-19(27-2)10-8-17/h7-10,18H,3-6,11-16H2,1-2H3,(H,22,23). The third-order valence-electron chi connectivity index (χ3n) is 5.48. The highest BCUT2D eigenvalue weighted by atomic mass is 16.5. The largest absolute Gasteiger partial charge is 0.497 e. The Morgan fingerprint density at radius 1 is 1.15 bits per heavy atom. The first-order valence-electron chi connectivity index (χ1n) is 10.2. The molecule has 1 atom stereocenters. The molecule has 0 saturated carbocycles. The van der Waals surface area contributed by atoms with Crippen LogP contribution < -0.4 is 10.1 Å². The Morgan fingerprint density at radius 3 is 2.56 bits per heavy atom. The van der Waals surface area contributed by atoms with E-state index in [0.29, 0.717) is 5.92 Å². The smallest absolute Gasteiger partial charge is 0.244 e. The zero-order chi connectivity index (χ0) is 19.1. The number of aliphatic imine (C=N–C) groups is 1. The number of nitrogens with one attached hydrogen (secondary N) is 1. The summed E-state index contributed by atoms with van der Waals surface area (Å²) in [5, 5.41) is 3.36. The molecule has 1 amide bonds. The van der Waals surface area contributed by atoms with Gasteiger partial charge in [0.05, 0.1) is 7.11 Å². The molecule has 1 aromatic carbocycles. The molecule has 0 spiro atoms. The number of likely N-dealkylation sites (tertiary alicyclic amines) is 2. The molecule has 3 rings (SSSR count). The second-order valence-electron chi connectivity index (χ2n) is 7.32. The van der Waals surface area contributed by atoms with E-state index in [9.17, 15) is 4.79 Å². The number of hydrogen-bond acceptors (Lipinski definition) is 3. The summed E-state index contributed by atoms with van der Waals surface area (Å²) in [6.07, 6.45) is 4.56. The van der Waals surface area contributed by atoms with Crippen LogP contribution in [-0.4, -0.2) is 68.0 Å². The molecule has 6 heteroatoms. The zero-order valence-corrected chi connectivity index (χ0v) is 16.6. The number of carbonyl (C=O) groups excluding carboxylic acids is 1. The van der Waals surface area contributed by atoms with Crippen LogP contribution in [0.15, 0.2) is 29.3 Å². The van der Waals surface area contributed by atoms with Gasteiger partial charge in [-0.3, -0.25) is 4.79 Å². The zero-order valence-electron chi connectivity index (χ0n) is 16.6. The highest BCUT2D eigenvalue weighted by molar-refractivity contribution is 5.85. The maximum atomic E-state index is 12.4. The minimum absolute atomic E-state index is 0.149. The van der Waals surface area contributed by atoms with Crippen LogP contribution in [0.4, 0.5) is 0 Å². The Bertz CT molecular complexity index is 638. The number of amides is 1. The van der Waals surface area contributed by atoms with Crippen molar-refractivity contribution in [3.63, 3.8) is 0 Å². The van der Waals surface area contributed by atoms with Crippen molar-refractivity contribution in [2.45, 2.75) is 38.5 Å². The highest BCUT2D eigenvalue weighted by Gasteiger charge is 2.26. The van der Waals surface area contributed by atoms with Crippen molar-refractivity contribution in [1.82, 2.24) is 15.1 Å². The predicted molar refractivity (Wildman–Crippen MR) is 108 cm³/mol. The van der Waals surface area contributed by atoms with Gasteiger partial charge in [-0.05, 0) is 50.3 Å². The van der Waals surface area contributed by atoms with Gasteiger partial charge in [-0.2, -0.15) is 0 Å². The van der Waals surface area contributed by atoms with Crippen LogP contribution in [0, 0.1) is 0 Å². The van der Waals surface area contributed by atoms with Crippen LogP contribution >= 0.6 is 0 Å². The van der Waals surface area contributed by atoms with E-state index in [0.717, 1.165) is 63.7 Å². The van der Waals surface area contributed by atoms with Gasteiger partial charge in [-0.15, -0.1) is 0 Å². The summed E-state index contributed by atoms with van der Waals surface area (Å²) in [6.45, 7) is 6.77. The molecule has 148 valence electrons. The number of hydrogen-bond donors (Lipinski definition) is 1. The third kappa shape index (κ3) is 5.15. The monoisotopic (exact) mass is 372 g/mol. The molecule has 0 bridgehead atoms. The van der Waals surface area contributed by atoms with E-state index in [-0.39, 0.29) is 12.5 Å². The van der Waals surface area contributed by atoms with E-state index >= 15 is 0 Å². The Balaban J connectivity index is 1.59. The van der Waals surface area contributed by atoms with Gasteiger partial charge >= 0.3 is 0 Å². The number of benzene rings is 1. The quantitative estimate of drug-likeness (QED) is 0.637. The maximum Gasteiger partial charge on any atom is 0.244 e. The summed E-state index contributed by atoms with van der Waals surface area (Å²) >= 11 is 0. The molecular formula is C21H32N4O2. The lowest BCUT2D eigenvalue weighted by Crippen LogP contribution is -2.42. The van der Waals surface area contributed by atoms with Crippen molar-refractivity contribution in [2.24, 2.45) is 4.99 Å². The highest BCUT2D eigenvalue weighted by Crippen LogP contribution is 2.28. The lowest BCUT2D eigenvalue weighted by Gasteiger charge is -2.26. The molecule has 2 heterocycles. The summed E-state index contributed by atoms with van der Waals surface area (Å²) in [6, 6.07) is 8.34. The summed E-state index contributed by atoms with van der Waals surface area (Å²) in [7, 11) is 1.69. The summed E-state index contributed by atoms with van der Waals surface area (Å²) in [5.41, 5.74) is 1.33. The van der Waals surface area contributed by atoms with E-state index in [4.69, 9.17) is 4.74 Å².